The van der Waals surface area contributed by atoms with Gasteiger partial charge in [-0.2, -0.15) is 0 Å². The van der Waals surface area contributed by atoms with Crippen molar-refractivity contribution < 1.29 is 38.0 Å². The molecule has 9 nitrogen and oxygen atoms in total. The van der Waals surface area contributed by atoms with E-state index >= 15 is 0 Å². The van der Waals surface area contributed by atoms with E-state index in [1.54, 1.807) is 43.8 Å². The van der Waals surface area contributed by atoms with Crippen LogP contribution in [0.3, 0.4) is 0 Å². The van der Waals surface area contributed by atoms with E-state index in [0.717, 1.165) is 40.4 Å². The van der Waals surface area contributed by atoms with E-state index in [1.165, 1.54) is 32.1 Å². The van der Waals surface area contributed by atoms with Crippen LogP contribution in [0.1, 0.15) is 22.3 Å². The number of rotatable bonds is 11. The van der Waals surface area contributed by atoms with Crippen molar-refractivity contribution in [3.8, 4) is 45.1 Å². The molecule has 0 radical (unpaired) electrons. The third kappa shape index (κ3) is 7.59. The first-order chi connectivity index (χ1) is 22.5. The molecule has 1 fully saturated rings. The van der Waals surface area contributed by atoms with Crippen LogP contribution in [0.4, 0.5) is 0 Å². The molecule has 5 aromatic rings. The summed E-state index contributed by atoms with van der Waals surface area (Å²) in [7, 11) is 7.80. The predicted molar refractivity (Wildman–Crippen MR) is 179 cm³/mol. The predicted octanol–water partition coefficient (Wildman–Crippen LogP) is 7.71. The van der Waals surface area contributed by atoms with Crippen LogP contribution in [-0.4, -0.2) is 59.2 Å². The zero-order valence-electron chi connectivity index (χ0n) is 26.3. The number of para-hydroxylation sites is 1. The molecule has 1 unspecified atom stereocenters. The molecule has 0 saturated carbocycles. The number of allylic oxidation sites excluding steroid dienone is 1. The highest BCUT2D eigenvalue weighted by Crippen LogP contribution is 2.39. The lowest BCUT2D eigenvalue weighted by molar-refractivity contribution is -0.165. The van der Waals surface area contributed by atoms with E-state index in [2.05, 4.69) is 11.1 Å². The number of carbonyl (C=O) groups is 1. The summed E-state index contributed by atoms with van der Waals surface area (Å²) in [6.07, 6.45) is 4.01. The van der Waals surface area contributed by atoms with Gasteiger partial charge in [0.15, 0.2) is 28.8 Å². The number of hydrogen-bond acceptors (Lipinski definition) is 10. The number of aromatic nitrogens is 1. The first-order valence-corrected chi connectivity index (χ1v) is 15.3. The number of carbonyl (C=O) groups excluding carboxylic acids is 1. The summed E-state index contributed by atoms with van der Waals surface area (Å²) >= 11 is 1.67. The second-order valence-corrected chi connectivity index (χ2v) is 11.0. The SMILES string of the molecule is COc1cc(-c2nc3ccccc3s2)ccc1OC1CCO1.COc1ccc(C=CC(=O)c2cc(OC)c(OC)c(OC)c2)cc1. The fraction of sp³-hybridized carbons (Fsp3) is 0.222. The van der Waals surface area contributed by atoms with Gasteiger partial charge in [-0.1, -0.05) is 30.3 Å². The quantitative estimate of drug-likeness (QED) is 0.106. The van der Waals surface area contributed by atoms with Crippen LogP contribution in [0.15, 0.2) is 84.9 Å². The van der Waals surface area contributed by atoms with Gasteiger partial charge in [-0.3, -0.25) is 4.79 Å². The van der Waals surface area contributed by atoms with Crippen molar-refractivity contribution >= 4 is 33.4 Å². The van der Waals surface area contributed by atoms with Crippen LogP contribution < -0.4 is 28.4 Å². The number of thiazole rings is 1. The number of fused-ring (bicyclic) bond motifs is 1. The normalized spacial score (nSPS) is 13.7. The number of nitrogens with zero attached hydrogens (tertiary/aromatic N) is 1. The maximum absolute atomic E-state index is 12.4. The van der Waals surface area contributed by atoms with Crippen LogP contribution in [0, 0.1) is 0 Å². The Labute approximate surface area is 271 Å². The van der Waals surface area contributed by atoms with Gasteiger partial charge in [0.2, 0.25) is 12.0 Å². The summed E-state index contributed by atoms with van der Waals surface area (Å²) < 4.78 is 38.6. The topological polar surface area (TPSA) is 94.6 Å². The minimum absolute atomic E-state index is 0.151. The van der Waals surface area contributed by atoms with Gasteiger partial charge in [0.25, 0.3) is 0 Å². The standard InChI is InChI=1S/C19H20O5.C17H15NO3S/c1-21-15-8-5-13(6-9-15)7-10-16(20)14-11-17(22-2)19(24-4)18(12-14)23-3;1-19-14-10-11(6-7-13(14)21-16-8-9-20-16)17-18-12-4-2-3-5-15(12)22-17/h5-12H,1-4H3;2-7,10,16H,8-9H2,1H3. The molecule has 1 aliphatic heterocycles. The Morgan fingerprint density at radius 3 is 2.09 bits per heavy atom. The fourth-order valence-corrected chi connectivity index (χ4v) is 5.51. The smallest absolute Gasteiger partial charge is 0.203 e. The molecule has 0 spiro atoms. The van der Waals surface area contributed by atoms with Gasteiger partial charge in [0.1, 0.15) is 10.8 Å². The zero-order valence-corrected chi connectivity index (χ0v) is 27.1. The molecule has 4 aromatic carbocycles. The first kappa shape index (κ1) is 32.3. The van der Waals surface area contributed by atoms with Crippen LogP contribution in [0.5, 0.6) is 34.5 Å². The zero-order chi connectivity index (χ0) is 32.5. The molecule has 0 N–H and O–H groups in total. The molecule has 0 bridgehead atoms. The Bertz CT molecular complexity index is 1750. The Kier molecular flexibility index (Phi) is 10.7. The Balaban J connectivity index is 0.000000182. The Hall–Kier alpha value is -5.06. The van der Waals surface area contributed by atoms with E-state index in [4.69, 9.17) is 33.2 Å². The summed E-state index contributed by atoms with van der Waals surface area (Å²) in [4.78, 5) is 17.1. The van der Waals surface area contributed by atoms with Gasteiger partial charge in [0.05, 0.1) is 52.4 Å². The molecular formula is C36H35NO8S. The van der Waals surface area contributed by atoms with Crippen molar-refractivity contribution in [2.75, 3.05) is 42.2 Å². The molecule has 6 rings (SSSR count). The monoisotopic (exact) mass is 641 g/mol. The molecule has 46 heavy (non-hydrogen) atoms. The average molecular weight is 642 g/mol. The van der Waals surface area contributed by atoms with E-state index < -0.39 is 0 Å². The van der Waals surface area contributed by atoms with Gasteiger partial charge < -0.3 is 33.2 Å². The summed E-state index contributed by atoms with van der Waals surface area (Å²) in [6.45, 7) is 0.761. The molecule has 1 aliphatic rings. The maximum atomic E-state index is 12.4. The summed E-state index contributed by atoms with van der Waals surface area (Å²) in [5.41, 5.74) is 3.40. The van der Waals surface area contributed by atoms with Gasteiger partial charge >= 0.3 is 0 Å². The summed E-state index contributed by atoms with van der Waals surface area (Å²) in [5, 5.41) is 0.978. The Morgan fingerprint density at radius 2 is 1.50 bits per heavy atom. The van der Waals surface area contributed by atoms with Crippen molar-refractivity contribution in [2.24, 2.45) is 0 Å². The van der Waals surface area contributed by atoms with E-state index in [9.17, 15) is 4.79 Å². The number of hydrogen-bond donors (Lipinski definition) is 0. The molecule has 2 heterocycles. The molecule has 0 amide bonds. The third-order valence-corrected chi connectivity index (χ3v) is 8.20. The second-order valence-electron chi connectivity index (χ2n) is 9.94. The minimum atomic E-state index is -0.162. The van der Waals surface area contributed by atoms with Crippen LogP contribution >= 0.6 is 11.3 Å². The molecule has 238 valence electrons. The molecule has 1 atom stereocenters. The molecule has 1 saturated heterocycles. The number of methoxy groups -OCH3 is 5. The highest BCUT2D eigenvalue weighted by molar-refractivity contribution is 7.21. The summed E-state index contributed by atoms with van der Waals surface area (Å²) in [5.74, 6) is 3.35. The minimum Gasteiger partial charge on any atom is -0.497 e. The van der Waals surface area contributed by atoms with Gasteiger partial charge in [0, 0.05) is 17.5 Å². The lowest BCUT2D eigenvalue weighted by Crippen LogP contribution is -2.32. The van der Waals surface area contributed by atoms with Gasteiger partial charge in [-0.25, -0.2) is 4.98 Å². The van der Waals surface area contributed by atoms with Crippen molar-refractivity contribution in [1.82, 2.24) is 4.98 Å². The van der Waals surface area contributed by atoms with Crippen molar-refractivity contribution in [3.05, 3.63) is 96.1 Å². The number of benzene rings is 4. The fourth-order valence-electron chi connectivity index (χ4n) is 4.55. The second kappa shape index (κ2) is 15.3. The molecular weight excluding hydrogens is 606 g/mol. The van der Waals surface area contributed by atoms with Crippen LogP contribution in [0.25, 0.3) is 26.9 Å². The van der Waals surface area contributed by atoms with Crippen molar-refractivity contribution in [2.45, 2.75) is 12.7 Å². The maximum Gasteiger partial charge on any atom is 0.203 e. The Morgan fingerprint density at radius 1 is 0.804 bits per heavy atom. The average Bonchev–Trinajstić information content (AvgIpc) is 3.53. The highest BCUT2D eigenvalue weighted by atomic mass is 32.1. The third-order valence-electron chi connectivity index (χ3n) is 7.11. The lowest BCUT2D eigenvalue weighted by atomic mass is 10.1. The van der Waals surface area contributed by atoms with Gasteiger partial charge in [-0.15, -0.1) is 11.3 Å². The lowest BCUT2D eigenvalue weighted by Gasteiger charge is -2.27. The highest BCUT2D eigenvalue weighted by Gasteiger charge is 2.22. The largest absolute Gasteiger partial charge is 0.497 e. The first-order valence-electron chi connectivity index (χ1n) is 14.4. The van der Waals surface area contributed by atoms with Crippen LogP contribution in [0.2, 0.25) is 0 Å². The molecule has 10 heteroatoms. The van der Waals surface area contributed by atoms with E-state index in [0.29, 0.717) is 34.3 Å². The number of ketones is 1. The van der Waals surface area contributed by atoms with Crippen LogP contribution in [-0.2, 0) is 4.74 Å². The van der Waals surface area contributed by atoms with E-state index in [1.807, 2.05) is 60.7 Å². The van der Waals surface area contributed by atoms with Crippen molar-refractivity contribution in [3.63, 3.8) is 0 Å². The molecule has 0 aliphatic carbocycles. The van der Waals surface area contributed by atoms with E-state index in [-0.39, 0.29) is 12.1 Å². The molecule has 1 aromatic heterocycles. The number of ether oxygens (including phenoxy) is 7. The van der Waals surface area contributed by atoms with Crippen molar-refractivity contribution in [1.29, 1.82) is 0 Å². The van der Waals surface area contributed by atoms with Gasteiger partial charge in [-0.05, 0) is 66.2 Å². The summed E-state index contributed by atoms with van der Waals surface area (Å²) in [6, 6.07) is 24.7.